The number of fused-ring (bicyclic) bond motifs is 1. The first-order valence-electron chi connectivity index (χ1n) is 9.82. The molecule has 1 saturated carbocycles. The largest absolute Gasteiger partial charge is 0.352 e. The lowest BCUT2D eigenvalue weighted by molar-refractivity contribution is -0.137. The number of piperidine rings is 1. The summed E-state index contributed by atoms with van der Waals surface area (Å²) < 4.78 is 13.5. The number of nitrogens with one attached hydrogen (secondary N) is 1. The molecule has 2 aromatic rings. The first-order valence-corrected chi connectivity index (χ1v) is 9.82. The highest BCUT2D eigenvalue weighted by atomic mass is 19.1. The Morgan fingerprint density at radius 2 is 1.89 bits per heavy atom. The molecular formula is C23H23FN2O2. The quantitative estimate of drug-likeness (QED) is 0.649. The number of benzene rings is 1. The van der Waals surface area contributed by atoms with E-state index >= 15 is 0 Å². The van der Waals surface area contributed by atoms with E-state index in [-0.39, 0.29) is 35.4 Å². The lowest BCUT2D eigenvalue weighted by Gasteiger charge is -2.45. The van der Waals surface area contributed by atoms with Crippen molar-refractivity contribution in [3.05, 3.63) is 71.8 Å². The molecule has 1 saturated heterocycles. The standard InChI is InChI=1S/C23H23FN2O2/c24-16-10-8-15(9-11-16)21-18-6-1-2-7-19(18)26-23(28)22(21)20(27)13-12-17-5-3-4-14-25-17/h3-5,8-14,18-19,21-22H,1-2,6-7H2,(H,26,28)/b13-12+. The second-order valence-corrected chi connectivity index (χ2v) is 7.61. The Kier molecular flexibility index (Phi) is 5.33. The molecule has 1 aliphatic carbocycles. The average Bonchev–Trinajstić information content (AvgIpc) is 2.72. The van der Waals surface area contributed by atoms with Crippen molar-refractivity contribution in [1.29, 1.82) is 0 Å². The van der Waals surface area contributed by atoms with Crippen LogP contribution in [-0.4, -0.2) is 22.7 Å². The molecular weight excluding hydrogens is 355 g/mol. The topological polar surface area (TPSA) is 59.1 Å². The number of rotatable bonds is 4. The van der Waals surface area contributed by atoms with Gasteiger partial charge in [0.25, 0.3) is 0 Å². The molecule has 1 aromatic carbocycles. The number of carbonyl (C=O) groups excluding carboxylic acids is 2. The van der Waals surface area contributed by atoms with Gasteiger partial charge in [0.05, 0.1) is 5.69 Å². The van der Waals surface area contributed by atoms with Gasteiger partial charge in [0, 0.05) is 18.2 Å². The Bertz CT molecular complexity index is 879. The van der Waals surface area contributed by atoms with Crippen molar-refractivity contribution in [3.8, 4) is 0 Å². The van der Waals surface area contributed by atoms with Gasteiger partial charge in [-0.15, -0.1) is 0 Å². The van der Waals surface area contributed by atoms with Gasteiger partial charge >= 0.3 is 0 Å². The molecule has 1 amide bonds. The monoisotopic (exact) mass is 378 g/mol. The van der Waals surface area contributed by atoms with Crippen LogP contribution < -0.4 is 5.32 Å². The molecule has 4 unspecified atom stereocenters. The third-order valence-electron chi connectivity index (χ3n) is 5.92. The number of aromatic nitrogens is 1. The van der Waals surface area contributed by atoms with Gasteiger partial charge in [0.1, 0.15) is 11.7 Å². The first kappa shape index (κ1) is 18.5. The number of nitrogens with zero attached hydrogens (tertiary/aromatic N) is 1. The van der Waals surface area contributed by atoms with Crippen LogP contribution in [0.3, 0.4) is 0 Å². The molecule has 0 bridgehead atoms. The summed E-state index contributed by atoms with van der Waals surface area (Å²) in [5.74, 6) is -1.63. The number of pyridine rings is 1. The minimum absolute atomic E-state index is 0.0834. The van der Waals surface area contributed by atoms with Gasteiger partial charge in [0.15, 0.2) is 5.78 Å². The van der Waals surface area contributed by atoms with Crippen molar-refractivity contribution >= 4 is 17.8 Å². The van der Waals surface area contributed by atoms with E-state index in [9.17, 15) is 14.0 Å². The second-order valence-electron chi connectivity index (χ2n) is 7.61. The summed E-state index contributed by atoms with van der Waals surface area (Å²) in [4.78, 5) is 30.1. The maximum Gasteiger partial charge on any atom is 0.231 e. The molecule has 2 fully saturated rings. The normalized spacial score (nSPS) is 27.2. The zero-order valence-electron chi connectivity index (χ0n) is 15.6. The van der Waals surface area contributed by atoms with Crippen molar-refractivity contribution in [2.75, 3.05) is 0 Å². The highest BCUT2D eigenvalue weighted by Gasteiger charge is 2.47. The highest BCUT2D eigenvalue weighted by Crippen LogP contribution is 2.44. The Morgan fingerprint density at radius 1 is 1.11 bits per heavy atom. The van der Waals surface area contributed by atoms with Crippen LogP contribution in [0.25, 0.3) is 6.08 Å². The summed E-state index contributed by atoms with van der Waals surface area (Å²) in [6.07, 6.45) is 8.80. The van der Waals surface area contributed by atoms with E-state index in [2.05, 4.69) is 10.3 Å². The Labute approximate surface area is 163 Å². The smallest absolute Gasteiger partial charge is 0.231 e. The third kappa shape index (κ3) is 3.75. The molecule has 4 atom stereocenters. The number of carbonyl (C=O) groups is 2. The SMILES string of the molecule is O=C(/C=C/c1ccccn1)C1C(=O)NC2CCCCC2C1c1ccc(F)cc1. The predicted molar refractivity (Wildman–Crippen MR) is 105 cm³/mol. The summed E-state index contributed by atoms with van der Waals surface area (Å²) in [5.41, 5.74) is 1.53. The fourth-order valence-electron chi connectivity index (χ4n) is 4.63. The molecule has 1 N–H and O–H groups in total. The van der Waals surface area contributed by atoms with Gasteiger partial charge in [-0.1, -0.05) is 31.0 Å². The molecule has 4 nitrogen and oxygen atoms in total. The van der Waals surface area contributed by atoms with Crippen LogP contribution in [0.2, 0.25) is 0 Å². The summed E-state index contributed by atoms with van der Waals surface area (Å²) >= 11 is 0. The van der Waals surface area contributed by atoms with Gasteiger partial charge in [-0.3, -0.25) is 14.6 Å². The number of allylic oxidation sites excluding steroid dienone is 1. The van der Waals surface area contributed by atoms with Crippen molar-refractivity contribution < 1.29 is 14.0 Å². The maximum absolute atomic E-state index is 13.5. The fourth-order valence-corrected chi connectivity index (χ4v) is 4.63. The minimum atomic E-state index is -0.801. The summed E-state index contributed by atoms with van der Waals surface area (Å²) in [5, 5.41) is 3.08. The molecule has 2 heterocycles. The Morgan fingerprint density at radius 3 is 2.64 bits per heavy atom. The molecule has 1 aliphatic heterocycles. The first-order chi connectivity index (χ1) is 13.6. The Hall–Kier alpha value is -2.82. The van der Waals surface area contributed by atoms with Crippen LogP contribution in [0, 0.1) is 17.7 Å². The molecule has 144 valence electrons. The molecule has 0 radical (unpaired) electrons. The zero-order valence-corrected chi connectivity index (χ0v) is 15.6. The van der Waals surface area contributed by atoms with Crippen molar-refractivity contribution in [3.63, 3.8) is 0 Å². The summed E-state index contributed by atoms with van der Waals surface area (Å²) in [6.45, 7) is 0. The summed E-state index contributed by atoms with van der Waals surface area (Å²) in [7, 11) is 0. The highest BCUT2D eigenvalue weighted by molar-refractivity contribution is 6.09. The van der Waals surface area contributed by atoms with Crippen LogP contribution in [-0.2, 0) is 9.59 Å². The van der Waals surface area contributed by atoms with E-state index in [0.717, 1.165) is 31.2 Å². The van der Waals surface area contributed by atoms with Crippen LogP contribution in [0.15, 0.2) is 54.7 Å². The molecule has 28 heavy (non-hydrogen) atoms. The van der Waals surface area contributed by atoms with E-state index in [1.807, 2.05) is 12.1 Å². The van der Waals surface area contributed by atoms with E-state index in [1.165, 1.54) is 18.2 Å². The van der Waals surface area contributed by atoms with Crippen LogP contribution >= 0.6 is 0 Å². The van der Waals surface area contributed by atoms with E-state index in [0.29, 0.717) is 5.69 Å². The second kappa shape index (κ2) is 8.05. The molecule has 0 spiro atoms. The van der Waals surface area contributed by atoms with Crippen LogP contribution in [0.1, 0.15) is 42.9 Å². The zero-order chi connectivity index (χ0) is 19.5. The molecule has 4 rings (SSSR count). The molecule has 1 aromatic heterocycles. The van der Waals surface area contributed by atoms with Crippen molar-refractivity contribution in [1.82, 2.24) is 10.3 Å². The number of hydrogen-bond acceptors (Lipinski definition) is 3. The number of ketones is 1. The number of halogens is 1. The third-order valence-corrected chi connectivity index (χ3v) is 5.92. The van der Waals surface area contributed by atoms with Crippen molar-refractivity contribution in [2.24, 2.45) is 11.8 Å². The lowest BCUT2D eigenvalue weighted by atomic mass is 9.64. The van der Waals surface area contributed by atoms with Gasteiger partial charge in [-0.25, -0.2) is 4.39 Å². The number of amides is 1. The van der Waals surface area contributed by atoms with Crippen molar-refractivity contribution in [2.45, 2.75) is 37.6 Å². The average molecular weight is 378 g/mol. The van der Waals surface area contributed by atoms with E-state index < -0.39 is 5.92 Å². The summed E-state index contributed by atoms with van der Waals surface area (Å²) in [6, 6.07) is 11.8. The van der Waals surface area contributed by atoms with E-state index in [4.69, 9.17) is 0 Å². The van der Waals surface area contributed by atoms with Gasteiger partial charge in [0.2, 0.25) is 5.91 Å². The predicted octanol–water partition coefficient (Wildman–Crippen LogP) is 3.89. The molecule has 2 aliphatic rings. The van der Waals surface area contributed by atoms with E-state index in [1.54, 1.807) is 30.5 Å². The fraction of sp³-hybridized carbons (Fsp3) is 0.348. The molecule has 5 heteroatoms. The Balaban J connectivity index is 1.67. The van der Waals surface area contributed by atoms with Gasteiger partial charge < -0.3 is 5.32 Å². The van der Waals surface area contributed by atoms with Crippen LogP contribution in [0.4, 0.5) is 4.39 Å². The van der Waals surface area contributed by atoms with Crippen LogP contribution in [0.5, 0.6) is 0 Å². The maximum atomic E-state index is 13.5. The van der Waals surface area contributed by atoms with Gasteiger partial charge in [-0.2, -0.15) is 0 Å². The minimum Gasteiger partial charge on any atom is -0.352 e. The number of hydrogen-bond donors (Lipinski definition) is 1. The van der Waals surface area contributed by atoms with Gasteiger partial charge in [-0.05, 0) is 60.7 Å². The lowest BCUT2D eigenvalue weighted by Crippen LogP contribution is -2.56.